The lowest BCUT2D eigenvalue weighted by Crippen LogP contribution is -2.22. The minimum absolute atomic E-state index is 0.143. The van der Waals surface area contributed by atoms with Crippen LogP contribution in [-0.4, -0.2) is 27.6 Å². The third kappa shape index (κ3) is 7.97. The molecule has 2 aromatic heterocycles. The second-order valence-corrected chi connectivity index (χ2v) is 8.71. The first-order chi connectivity index (χ1) is 15.0. The highest BCUT2D eigenvalue weighted by atomic mass is 32.1. The minimum atomic E-state index is -0.143. The highest BCUT2D eigenvalue weighted by Crippen LogP contribution is 2.17. The zero-order chi connectivity index (χ0) is 22.1. The Labute approximate surface area is 186 Å². The standard InChI is InChI=1S/C23H28N4O3S/c1-16(2)12-21-26-23(30-27-21)8-5-11-24-22(28)10-9-18-6-4-7-20(13-18)29-14-19-15-31-17(3)25-19/h4,6-7,9-10,13,15-16H,5,8,11-12,14H2,1-3H3,(H,24,28)/b10-9-. The van der Waals surface area contributed by atoms with Crippen molar-refractivity contribution in [1.82, 2.24) is 20.4 Å². The number of carbonyl (C=O) groups excluding carboxylic acids is 1. The Kier molecular flexibility index (Phi) is 8.35. The molecule has 8 heteroatoms. The molecule has 1 amide bonds. The summed E-state index contributed by atoms with van der Waals surface area (Å²) in [6.07, 6.45) is 5.48. The molecular formula is C23H28N4O3S. The van der Waals surface area contributed by atoms with Gasteiger partial charge in [-0.05, 0) is 43.0 Å². The number of aryl methyl sites for hydroxylation is 2. The third-order valence-corrected chi connectivity index (χ3v) is 5.13. The first kappa shape index (κ1) is 22.7. The Morgan fingerprint density at radius 1 is 1.32 bits per heavy atom. The normalized spacial score (nSPS) is 11.4. The zero-order valence-corrected chi connectivity index (χ0v) is 18.9. The van der Waals surface area contributed by atoms with Crippen molar-refractivity contribution in [3.05, 3.63) is 63.7 Å². The number of aromatic nitrogens is 3. The van der Waals surface area contributed by atoms with E-state index in [0.717, 1.165) is 40.7 Å². The lowest BCUT2D eigenvalue weighted by Gasteiger charge is -2.05. The first-order valence-electron chi connectivity index (χ1n) is 10.4. The summed E-state index contributed by atoms with van der Waals surface area (Å²) in [5, 5.41) is 9.86. The maximum atomic E-state index is 12.1. The summed E-state index contributed by atoms with van der Waals surface area (Å²) in [6.45, 7) is 7.18. The van der Waals surface area contributed by atoms with Crippen LogP contribution >= 0.6 is 11.3 Å². The molecule has 0 atom stereocenters. The molecule has 0 fully saturated rings. The van der Waals surface area contributed by atoms with Gasteiger partial charge in [0.25, 0.3) is 0 Å². The quantitative estimate of drug-likeness (QED) is 0.352. The molecule has 164 valence electrons. The van der Waals surface area contributed by atoms with Crippen molar-refractivity contribution >= 4 is 23.3 Å². The molecule has 31 heavy (non-hydrogen) atoms. The van der Waals surface area contributed by atoms with Gasteiger partial charge < -0.3 is 14.6 Å². The van der Waals surface area contributed by atoms with Crippen LogP contribution in [0.2, 0.25) is 0 Å². The number of ether oxygens (including phenoxy) is 1. The van der Waals surface area contributed by atoms with Gasteiger partial charge in [-0.2, -0.15) is 4.98 Å². The van der Waals surface area contributed by atoms with Crippen LogP contribution < -0.4 is 10.1 Å². The third-order valence-electron chi connectivity index (χ3n) is 4.31. The molecule has 0 unspecified atom stereocenters. The number of amides is 1. The summed E-state index contributed by atoms with van der Waals surface area (Å²) in [5.41, 5.74) is 1.81. The summed E-state index contributed by atoms with van der Waals surface area (Å²) in [6, 6.07) is 7.61. The van der Waals surface area contributed by atoms with Crippen molar-refractivity contribution in [1.29, 1.82) is 0 Å². The number of hydrogen-bond acceptors (Lipinski definition) is 7. The molecule has 7 nitrogen and oxygen atoms in total. The Morgan fingerprint density at radius 2 is 2.19 bits per heavy atom. The van der Waals surface area contributed by atoms with Crippen LogP contribution in [0.4, 0.5) is 0 Å². The van der Waals surface area contributed by atoms with E-state index >= 15 is 0 Å². The van der Waals surface area contributed by atoms with Crippen molar-refractivity contribution < 1.29 is 14.1 Å². The second kappa shape index (κ2) is 11.4. The fourth-order valence-corrected chi connectivity index (χ4v) is 3.46. The van der Waals surface area contributed by atoms with Gasteiger partial charge in [0, 0.05) is 30.8 Å². The minimum Gasteiger partial charge on any atom is -0.487 e. The van der Waals surface area contributed by atoms with E-state index in [1.165, 1.54) is 6.08 Å². The van der Waals surface area contributed by atoms with Crippen molar-refractivity contribution in [2.75, 3.05) is 6.54 Å². The average Bonchev–Trinajstić information content (AvgIpc) is 3.36. The van der Waals surface area contributed by atoms with E-state index in [1.807, 2.05) is 36.6 Å². The number of thiazole rings is 1. The monoisotopic (exact) mass is 440 g/mol. The molecule has 0 bridgehead atoms. The number of rotatable bonds is 11. The molecule has 3 aromatic rings. The highest BCUT2D eigenvalue weighted by molar-refractivity contribution is 7.09. The van der Waals surface area contributed by atoms with Gasteiger partial charge in [-0.25, -0.2) is 4.98 Å². The SMILES string of the molecule is Cc1nc(COc2cccc(/C=C\C(=O)NCCCc3nc(CC(C)C)no3)c2)cs1. The number of nitrogens with zero attached hydrogens (tertiary/aromatic N) is 3. The van der Waals surface area contributed by atoms with Crippen molar-refractivity contribution in [3.63, 3.8) is 0 Å². The summed E-state index contributed by atoms with van der Waals surface area (Å²) >= 11 is 1.61. The second-order valence-electron chi connectivity index (χ2n) is 7.65. The zero-order valence-electron chi connectivity index (χ0n) is 18.1. The van der Waals surface area contributed by atoms with Crippen molar-refractivity contribution in [2.24, 2.45) is 5.92 Å². The van der Waals surface area contributed by atoms with Gasteiger partial charge in [0.1, 0.15) is 12.4 Å². The van der Waals surface area contributed by atoms with Crippen LogP contribution in [0, 0.1) is 12.8 Å². The van der Waals surface area contributed by atoms with Gasteiger partial charge in [0.15, 0.2) is 5.82 Å². The topological polar surface area (TPSA) is 90.1 Å². The van der Waals surface area contributed by atoms with Crippen LogP contribution in [0.25, 0.3) is 6.08 Å². The number of hydrogen-bond donors (Lipinski definition) is 1. The molecule has 0 aliphatic carbocycles. The molecule has 0 aliphatic heterocycles. The predicted octanol–water partition coefficient (Wildman–Crippen LogP) is 4.37. The van der Waals surface area contributed by atoms with Crippen LogP contribution in [0.15, 0.2) is 40.2 Å². The van der Waals surface area contributed by atoms with E-state index in [2.05, 4.69) is 34.3 Å². The fourth-order valence-electron chi connectivity index (χ4n) is 2.86. The van der Waals surface area contributed by atoms with Crippen molar-refractivity contribution in [3.8, 4) is 5.75 Å². The number of carbonyl (C=O) groups is 1. The molecule has 2 heterocycles. The summed E-state index contributed by atoms with van der Waals surface area (Å²) in [5.74, 6) is 2.45. The van der Waals surface area contributed by atoms with E-state index in [-0.39, 0.29) is 5.91 Å². The predicted molar refractivity (Wildman–Crippen MR) is 121 cm³/mol. The van der Waals surface area contributed by atoms with Crippen LogP contribution in [0.5, 0.6) is 5.75 Å². The van der Waals surface area contributed by atoms with Gasteiger partial charge >= 0.3 is 0 Å². The van der Waals surface area contributed by atoms with E-state index in [1.54, 1.807) is 17.4 Å². The van der Waals surface area contributed by atoms with E-state index in [0.29, 0.717) is 31.4 Å². The highest BCUT2D eigenvalue weighted by Gasteiger charge is 2.08. The van der Waals surface area contributed by atoms with E-state index in [9.17, 15) is 4.79 Å². The molecular weight excluding hydrogens is 412 g/mol. The maximum Gasteiger partial charge on any atom is 0.243 e. The van der Waals surface area contributed by atoms with Gasteiger partial charge in [0.2, 0.25) is 11.8 Å². The molecule has 0 aliphatic rings. The summed E-state index contributed by atoms with van der Waals surface area (Å²) in [4.78, 5) is 20.8. The van der Waals surface area contributed by atoms with Gasteiger partial charge in [-0.1, -0.05) is 31.1 Å². The summed E-state index contributed by atoms with van der Waals surface area (Å²) in [7, 11) is 0. The Morgan fingerprint density at radius 3 is 2.97 bits per heavy atom. The van der Waals surface area contributed by atoms with Crippen LogP contribution in [0.3, 0.4) is 0 Å². The Balaban J connectivity index is 1.38. The molecule has 0 saturated carbocycles. The Hall–Kier alpha value is -3.00. The Bertz CT molecular complexity index is 1010. The lowest BCUT2D eigenvalue weighted by atomic mass is 10.1. The smallest absolute Gasteiger partial charge is 0.243 e. The van der Waals surface area contributed by atoms with E-state index < -0.39 is 0 Å². The molecule has 1 N–H and O–H groups in total. The van der Waals surface area contributed by atoms with Crippen LogP contribution in [-0.2, 0) is 24.2 Å². The molecule has 1 aromatic carbocycles. The van der Waals surface area contributed by atoms with Gasteiger partial charge in [-0.15, -0.1) is 11.3 Å². The first-order valence-corrected chi connectivity index (χ1v) is 11.3. The molecule has 0 spiro atoms. The molecule has 0 radical (unpaired) electrons. The summed E-state index contributed by atoms with van der Waals surface area (Å²) < 4.78 is 11.0. The molecule has 3 rings (SSSR count). The van der Waals surface area contributed by atoms with Gasteiger partial charge in [-0.3, -0.25) is 4.79 Å². The lowest BCUT2D eigenvalue weighted by molar-refractivity contribution is -0.116. The average molecular weight is 441 g/mol. The van der Waals surface area contributed by atoms with E-state index in [4.69, 9.17) is 9.26 Å². The molecule has 0 saturated heterocycles. The van der Waals surface area contributed by atoms with Crippen molar-refractivity contribution in [2.45, 2.75) is 46.6 Å². The van der Waals surface area contributed by atoms with Gasteiger partial charge in [0.05, 0.1) is 10.7 Å². The van der Waals surface area contributed by atoms with Crippen LogP contribution in [0.1, 0.15) is 48.2 Å². The number of benzene rings is 1. The fraction of sp³-hybridized carbons (Fsp3) is 0.391. The largest absolute Gasteiger partial charge is 0.487 e. The number of nitrogens with one attached hydrogen (secondary N) is 1. The maximum absolute atomic E-state index is 12.1.